The standard InChI is InChI=1S/C10H19NO2/c1-7(12)10(4,5)9(2,3)6-8(11)13/h6H2,1-5H3,(H2,11,13). The molecule has 0 spiro atoms. The minimum atomic E-state index is -0.512. The Hall–Kier alpha value is -0.860. The Morgan fingerprint density at radius 3 is 1.77 bits per heavy atom. The smallest absolute Gasteiger partial charge is 0.217 e. The van der Waals surface area contributed by atoms with Gasteiger partial charge in [0.15, 0.2) is 0 Å². The second-order valence-electron chi connectivity index (χ2n) is 4.71. The van der Waals surface area contributed by atoms with E-state index < -0.39 is 5.41 Å². The van der Waals surface area contributed by atoms with Gasteiger partial charge in [-0.1, -0.05) is 27.7 Å². The molecular weight excluding hydrogens is 166 g/mol. The third-order valence-corrected chi connectivity index (χ3v) is 3.19. The van der Waals surface area contributed by atoms with Gasteiger partial charge >= 0.3 is 0 Å². The molecule has 76 valence electrons. The number of Topliss-reactive ketones (excluding diaryl/α,β-unsaturated/α-hetero) is 1. The van der Waals surface area contributed by atoms with Crippen LogP contribution in [0.1, 0.15) is 41.0 Å². The first kappa shape index (κ1) is 12.1. The lowest BCUT2D eigenvalue weighted by Crippen LogP contribution is -2.41. The van der Waals surface area contributed by atoms with Crippen LogP contribution in [0.2, 0.25) is 0 Å². The zero-order valence-corrected chi connectivity index (χ0v) is 9.10. The van der Waals surface area contributed by atoms with Crippen LogP contribution in [0.25, 0.3) is 0 Å². The predicted octanol–water partition coefficient (Wildman–Crippen LogP) is 1.50. The third kappa shape index (κ3) is 2.54. The molecule has 2 N–H and O–H groups in total. The van der Waals surface area contributed by atoms with E-state index in [9.17, 15) is 9.59 Å². The molecule has 3 nitrogen and oxygen atoms in total. The van der Waals surface area contributed by atoms with Crippen LogP contribution in [0.4, 0.5) is 0 Å². The zero-order chi connectivity index (χ0) is 10.9. The van der Waals surface area contributed by atoms with Gasteiger partial charge in [-0.2, -0.15) is 0 Å². The van der Waals surface area contributed by atoms with Crippen molar-refractivity contribution < 1.29 is 9.59 Å². The molecule has 0 aromatic rings. The molecule has 0 aliphatic rings. The van der Waals surface area contributed by atoms with Gasteiger partial charge in [0.05, 0.1) is 0 Å². The fourth-order valence-corrected chi connectivity index (χ4v) is 1.13. The van der Waals surface area contributed by atoms with Gasteiger partial charge in [-0.05, 0) is 12.3 Å². The number of carbonyl (C=O) groups excluding carboxylic acids is 2. The van der Waals surface area contributed by atoms with Crippen LogP contribution in [0.15, 0.2) is 0 Å². The topological polar surface area (TPSA) is 60.2 Å². The van der Waals surface area contributed by atoms with Gasteiger partial charge in [-0.15, -0.1) is 0 Å². The molecule has 0 bridgehead atoms. The first-order chi connectivity index (χ1) is 5.61. The molecule has 0 heterocycles. The van der Waals surface area contributed by atoms with Crippen LogP contribution < -0.4 is 5.73 Å². The van der Waals surface area contributed by atoms with Gasteiger partial charge in [-0.25, -0.2) is 0 Å². The minimum Gasteiger partial charge on any atom is -0.370 e. The van der Waals surface area contributed by atoms with Gasteiger partial charge in [0.25, 0.3) is 0 Å². The van der Waals surface area contributed by atoms with Crippen LogP contribution in [-0.2, 0) is 9.59 Å². The Morgan fingerprint density at radius 1 is 1.15 bits per heavy atom. The van der Waals surface area contributed by atoms with E-state index in [1.165, 1.54) is 0 Å². The van der Waals surface area contributed by atoms with E-state index in [0.717, 1.165) is 0 Å². The second-order valence-corrected chi connectivity index (χ2v) is 4.71. The Balaban J connectivity index is 4.80. The number of ketones is 1. The van der Waals surface area contributed by atoms with E-state index in [1.807, 2.05) is 27.7 Å². The fraction of sp³-hybridized carbons (Fsp3) is 0.800. The first-order valence-electron chi connectivity index (χ1n) is 4.40. The maximum Gasteiger partial charge on any atom is 0.217 e. The molecule has 0 radical (unpaired) electrons. The van der Waals surface area contributed by atoms with E-state index >= 15 is 0 Å². The van der Waals surface area contributed by atoms with Crippen molar-refractivity contribution >= 4 is 11.7 Å². The van der Waals surface area contributed by atoms with E-state index in [0.29, 0.717) is 0 Å². The number of carbonyl (C=O) groups is 2. The molecule has 0 aliphatic carbocycles. The fourth-order valence-electron chi connectivity index (χ4n) is 1.13. The van der Waals surface area contributed by atoms with Crippen molar-refractivity contribution in [3.8, 4) is 0 Å². The van der Waals surface area contributed by atoms with Crippen molar-refractivity contribution in [2.75, 3.05) is 0 Å². The highest BCUT2D eigenvalue weighted by molar-refractivity contribution is 5.84. The van der Waals surface area contributed by atoms with Crippen molar-refractivity contribution in [3.63, 3.8) is 0 Å². The number of amides is 1. The van der Waals surface area contributed by atoms with Gasteiger partial charge in [-0.3, -0.25) is 9.59 Å². The molecule has 13 heavy (non-hydrogen) atoms. The summed E-state index contributed by atoms with van der Waals surface area (Å²) < 4.78 is 0. The molecule has 0 unspecified atom stereocenters. The Morgan fingerprint density at radius 2 is 1.54 bits per heavy atom. The highest BCUT2D eigenvalue weighted by Gasteiger charge is 2.41. The van der Waals surface area contributed by atoms with Gasteiger partial charge in [0, 0.05) is 11.8 Å². The lowest BCUT2D eigenvalue weighted by atomic mass is 9.64. The van der Waals surface area contributed by atoms with Crippen LogP contribution in [0.3, 0.4) is 0 Å². The normalized spacial score (nSPS) is 12.7. The SMILES string of the molecule is CC(=O)C(C)(C)C(C)(C)CC(N)=O. The lowest BCUT2D eigenvalue weighted by Gasteiger charge is -2.38. The Kier molecular flexibility index (Phi) is 3.25. The third-order valence-electron chi connectivity index (χ3n) is 3.19. The predicted molar refractivity (Wildman–Crippen MR) is 52.1 cm³/mol. The molecule has 0 fully saturated rings. The Bertz CT molecular complexity index is 229. The minimum absolute atomic E-state index is 0.0822. The molecule has 0 aliphatic heterocycles. The van der Waals surface area contributed by atoms with Crippen molar-refractivity contribution in [1.82, 2.24) is 0 Å². The van der Waals surface area contributed by atoms with E-state index in [-0.39, 0.29) is 23.5 Å². The number of nitrogens with two attached hydrogens (primary N) is 1. The lowest BCUT2D eigenvalue weighted by molar-refractivity contribution is -0.133. The van der Waals surface area contributed by atoms with Gasteiger partial charge in [0.1, 0.15) is 5.78 Å². The zero-order valence-electron chi connectivity index (χ0n) is 9.10. The highest BCUT2D eigenvalue weighted by atomic mass is 16.1. The van der Waals surface area contributed by atoms with E-state index in [2.05, 4.69) is 0 Å². The van der Waals surface area contributed by atoms with Gasteiger partial charge in [0.2, 0.25) is 5.91 Å². The monoisotopic (exact) mass is 185 g/mol. The number of rotatable bonds is 4. The molecule has 1 amide bonds. The Labute approximate surface area is 79.7 Å². The van der Waals surface area contributed by atoms with Crippen LogP contribution in [0.5, 0.6) is 0 Å². The van der Waals surface area contributed by atoms with E-state index in [1.54, 1.807) is 6.92 Å². The summed E-state index contributed by atoms with van der Waals surface area (Å²) in [6, 6.07) is 0. The molecule has 0 atom stereocenters. The molecule has 3 heteroatoms. The molecule has 0 aromatic heterocycles. The molecule has 0 saturated heterocycles. The van der Waals surface area contributed by atoms with Gasteiger partial charge < -0.3 is 5.73 Å². The quantitative estimate of drug-likeness (QED) is 0.721. The number of hydrogen-bond acceptors (Lipinski definition) is 2. The number of hydrogen-bond donors (Lipinski definition) is 1. The van der Waals surface area contributed by atoms with Crippen LogP contribution in [-0.4, -0.2) is 11.7 Å². The second kappa shape index (κ2) is 3.48. The maximum absolute atomic E-state index is 11.3. The van der Waals surface area contributed by atoms with Crippen molar-refractivity contribution in [1.29, 1.82) is 0 Å². The van der Waals surface area contributed by atoms with E-state index in [4.69, 9.17) is 5.73 Å². The molecule has 0 rings (SSSR count). The summed E-state index contributed by atoms with van der Waals surface area (Å²) in [4.78, 5) is 22.1. The number of primary amides is 1. The summed E-state index contributed by atoms with van der Waals surface area (Å²) in [6.07, 6.45) is 0.236. The highest BCUT2D eigenvalue weighted by Crippen LogP contribution is 2.41. The average molecular weight is 185 g/mol. The summed E-state index contributed by atoms with van der Waals surface area (Å²) in [5.41, 5.74) is 4.23. The van der Waals surface area contributed by atoms with Crippen molar-refractivity contribution in [2.24, 2.45) is 16.6 Å². The average Bonchev–Trinajstić information content (AvgIpc) is 1.83. The van der Waals surface area contributed by atoms with Crippen molar-refractivity contribution in [2.45, 2.75) is 41.0 Å². The van der Waals surface area contributed by atoms with Crippen molar-refractivity contribution in [3.05, 3.63) is 0 Å². The summed E-state index contributed by atoms with van der Waals surface area (Å²) in [5.74, 6) is -0.280. The van der Waals surface area contributed by atoms with Crippen LogP contribution >= 0.6 is 0 Å². The molecule has 0 aromatic carbocycles. The largest absolute Gasteiger partial charge is 0.370 e. The summed E-state index contributed by atoms with van der Waals surface area (Å²) in [5, 5.41) is 0. The first-order valence-corrected chi connectivity index (χ1v) is 4.40. The summed E-state index contributed by atoms with van der Waals surface area (Å²) in [6.45, 7) is 9.01. The molecular formula is C10H19NO2. The summed E-state index contributed by atoms with van der Waals surface area (Å²) >= 11 is 0. The molecule has 0 saturated carbocycles. The van der Waals surface area contributed by atoms with Crippen LogP contribution in [0, 0.1) is 10.8 Å². The maximum atomic E-state index is 11.3. The summed E-state index contributed by atoms with van der Waals surface area (Å²) in [7, 11) is 0.